The topological polar surface area (TPSA) is 66.8 Å². The van der Waals surface area contributed by atoms with E-state index in [2.05, 4.69) is 0 Å². The van der Waals surface area contributed by atoms with Gasteiger partial charge in [-0.05, 0) is 24.3 Å². The lowest BCUT2D eigenvalue weighted by Gasteiger charge is -2.15. The van der Waals surface area contributed by atoms with Gasteiger partial charge < -0.3 is 14.7 Å². The molecule has 0 bridgehead atoms. The fourth-order valence-electron chi connectivity index (χ4n) is 1.80. The molecule has 1 unspecified atom stereocenters. The molecule has 1 heterocycles. The van der Waals surface area contributed by atoms with E-state index in [1.807, 2.05) is 0 Å². The van der Waals surface area contributed by atoms with Gasteiger partial charge in [-0.3, -0.25) is 9.59 Å². The number of benzene rings is 1. The molecule has 0 aliphatic carbocycles. The molecule has 1 aliphatic heterocycles. The van der Waals surface area contributed by atoms with Crippen molar-refractivity contribution < 1.29 is 19.4 Å². The molecule has 1 N–H and O–H groups in total. The van der Waals surface area contributed by atoms with Gasteiger partial charge in [0.2, 0.25) is 5.91 Å². The van der Waals surface area contributed by atoms with E-state index in [4.69, 9.17) is 4.74 Å². The molecule has 17 heavy (non-hydrogen) atoms. The Bertz CT molecular complexity index is 440. The molecule has 1 atom stereocenters. The van der Waals surface area contributed by atoms with Crippen molar-refractivity contribution in [1.29, 1.82) is 0 Å². The number of anilines is 1. The van der Waals surface area contributed by atoms with Gasteiger partial charge in [-0.15, -0.1) is 0 Å². The monoisotopic (exact) mass is 235 g/mol. The number of rotatable bonds is 2. The summed E-state index contributed by atoms with van der Waals surface area (Å²) in [6.07, 6.45) is -0.443. The summed E-state index contributed by atoms with van der Waals surface area (Å²) >= 11 is 0. The van der Waals surface area contributed by atoms with Gasteiger partial charge in [-0.25, -0.2) is 0 Å². The second kappa shape index (κ2) is 4.55. The predicted octanol–water partition coefficient (Wildman–Crippen LogP) is 0.710. The third-order valence-corrected chi connectivity index (χ3v) is 2.51. The Hall–Kier alpha value is -1.88. The number of aliphatic hydroxyl groups excluding tert-OH is 1. The van der Waals surface area contributed by atoms with Crippen molar-refractivity contribution >= 4 is 17.6 Å². The summed E-state index contributed by atoms with van der Waals surface area (Å²) in [5.41, 5.74) is 0.697. The van der Waals surface area contributed by atoms with E-state index in [0.717, 1.165) is 0 Å². The van der Waals surface area contributed by atoms with Gasteiger partial charge in [0.25, 0.3) is 0 Å². The SMILES string of the molecule is CC(=O)Oc1ccc(N2CC(O)CC2=O)cc1. The van der Waals surface area contributed by atoms with E-state index in [1.165, 1.54) is 11.8 Å². The molecule has 1 aromatic carbocycles. The molecule has 0 saturated carbocycles. The highest BCUT2D eigenvalue weighted by Gasteiger charge is 2.28. The molecular formula is C12H13NO4. The van der Waals surface area contributed by atoms with E-state index in [0.29, 0.717) is 18.0 Å². The second-order valence-corrected chi connectivity index (χ2v) is 3.95. The van der Waals surface area contributed by atoms with Crippen LogP contribution < -0.4 is 9.64 Å². The Morgan fingerprint density at radius 2 is 2.06 bits per heavy atom. The van der Waals surface area contributed by atoms with Gasteiger partial charge in [0.1, 0.15) is 5.75 Å². The number of nitrogens with zero attached hydrogens (tertiary/aromatic N) is 1. The van der Waals surface area contributed by atoms with Crippen LogP contribution >= 0.6 is 0 Å². The molecule has 1 amide bonds. The molecule has 5 heteroatoms. The second-order valence-electron chi connectivity index (χ2n) is 3.95. The minimum absolute atomic E-state index is 0.0993. The fraction of sp³-hybridized carbons (Fsp3) is 0.333. The number of esters is 1. The first-order chi connectivity index (χ1) is 8.06. The van der Waals surface area contributed by atoms with Crippen LogP contribution in [0.4, 0.5) is 5.69 Å². The molecule has 0 radical (unpaired) electrons. The number of carbonyl (C=O) groups is 2. The fourth-order valence-corrected chi connectivity index (χ4v) is 1.80. The molecule has 1 aliphatic rings. The van der Waals surface area contributed by atoms with E-state index in [-0.39, 0.29) is 18.3 Å². The number of hydrogen-bond acceptors (Lipinski definition) is 4. The normalized spacial score (nSPS) is 19.5. The van der Waals surface area contributed by atoms with Crippen LogP contribution in [0, 0.1) is 0 Å². The van der Waals surface area contributed by atoms with Crippen molar-refractivity contribution in [2.45, 2.75) is 19.4 Å². The Morgan fingerprint density at radius 1 is 1.41 bits per heavy atom. The van der Waals surface area contributed by atoms with Crippen LogP contribution in [0.2, 0.25) is 0 Å². The van der Waals surface area contributed by atoms with E-state index >= 15 is 0 Å². The summed E-state index contributed by atoms with van der Waals surface area (Å²) in [5, 5.41) is 9.37. The quantitative estimate of drug-likeness (QED) is 0.605. The first-order valence-corrected chi connectivity index (χ1v) is 5.33. The van der Waals surface area contributed by atoms with Crippen molar-refractivity contribution in [2.24, 2.45) is 0 Å². The highest BCUT2D eigenvalue weighted by molar-refractivity contribution is 5.96. The van der Waals surface area contributed by atoms with Gasteiger partial charge >= 0.3 is 5.97 Å². The van der Waals surface area contributed by atoms with Gasteiger partial charge in [-0.2, -0.15) is 0 Å². The van der Waals surface area contributed by atoms with Crippen LogP contribution in [0.1, 0.15) is 13.3 Å². The average Bonchev–Trinajstić information content (AvgIpc) is 2.58. The number of carbonyl (C=O) groups excluding carboxylic acids is 2. The first kappa shape index (κ1) is 11.6. The average molecular weight is 235 g/mol. The predicted molar refractivity (Wildman–Crippen MR) is 60.7 cm³/mol. The summed E-state index contributed by atoms with van der Waals surface area (Å²) in [7, 11) is 0. The molecular weight excluding hydrogens is 222 g/mol. The maximum Gasteiger partial charge on any atom is 0.308 e. The van der Waals surface area contributed by atoms with Crippen LogP contribution in [0.25, 0.3) is 0 Å². The standard InChI is InChI=1S/C12H13NO4/c1-8(14)17-11-4-2-9(3-5-11)13-7-10(15)6-12(13)16/h2-5,10,15H,6-7H2,1H3. The van der Waals surface area contributed by atoms with E-state index in [9.17, 15) is 14.7 Å². The third-order valence-electron chi connectivity index (χ3n) is 2.51. The maximum atomic E-state index is 11.5. The molecule has 0 spiro atoms. The Labute approximate surface area is 98.6 Å². The van der Waals surface area contributed by atoms with Gasteiger partial charge in [0.15, 0.2) is 0 Å². The van der Waals surface area contributed by atoms with Crippen LogP contribution in [-0.2, 0) is 9.59 Å². The Balaban J connectivity index is 2.12. The lowest BCUT2D eigenvalue weighted by Crippen LogP contribution is -2.25. The first-order valence-electron chi connectivity index (χ1n) is 5.33. The van der Waals surface area contributed by atoms with Crippen LogP contribution in [0.15, 0.2) is 24.3 Å². The summed E-state index contributed by atoms with van der Waals surface area (Å²) in [6, 6.07) is 6.62. The maximum absolute atomic E-state index is 11.5. The zero-order chi connectivity index (χ0) is 12.4. The summed E-state index contributed by atoms with van der Waals surface area (Å²) in [4.78, 5) is 23.8. The molecule has 5 nitrogen and oxygen atoms in total. The Kier molecular flexibility index (Phi) is 3.10. The summed E-state index contributed by atoms with van der Waals surface area (Å²) in [5.74, 6) is -0.0448. The van der Waals surface area contributed by atoms with Crippen molar-refractivity contribution in [2.75, 3.05) is 11.4 Å². The zero-order valence-corrected chi connectivity index (χ0v) is 9.42. The molecule has 1 saturated heterocycles. The number of β-amino-alcohol motifs (C(OH)–C–C–N with tert-alkyl or cyclic N) is 1. The molecule has 2 rings (SSSR count). The van der Waals surface area contributed by atoms with E-state index < -0.39 is 6.10 Å². The van der Waals surface area contributed by atoms with Gasteiger partial charge in [-0.1, -0.05) is 0 Å². The van der Waals surface area contributed by atoms with Gasteiger partial charge in [0, 0.05) is 12.6 Å². The minimum atomic E-state index is -0.601. The number of amides is 1. The van der Waals surface area contributed by atoms with Crippen LogP contribution in [0.3, 0.4) is 0 Å². The summed E-state index contributed by atoms with van der Waals surface area (Å²) < 4.78 is 4.89. The Morgan fingerprint density at radius 3 is 2.53 bits per heavy atom. The van der Waals surface area contributed by atoms with E-state index in [1.54, 1.807) is 24.3 Å². The van der Waals surface area contributed by atoms with Crippen molar-refractivity contribution in [3.05, 3.63) is 24.3 Å². The smallest absolute Gasteiger partial charge is 0.308 e. The number of hydrogen-bond donors (Lipinski definition) is 1. The molecule has 0 aromatic heterocycles. The lowest BCUT2D eigenvalue weighted by atomic mass is 10.3. The largest absolute Gasteiger partial charge is 0.427 e. The molecule has 1 aromatic rings. The molecule has 1 fully saturated rings. The highest BCUT2D eigenvalue weighted by Crippen LogP contribution is 2.24. The van der Waals surface area contributed by atoms with Crippen molar-refractivity contribution in [1.82, 2.24) is 0 Å². The minimum Gasteiger partial charge on any atom is -0.427 e. The van der Waals surface area contributed by atoms with Crippen molar-refractivity contribution in [3.8, 4) is 5.75 Å². The lowest BCUT2D eigenvalue weighted by molar-refractivity contribution is -0.131. The van der Waals surface area contributed by atoms with Gasteiger partial charge in [0.05, 0.1) is 19.1 Å². The van der Waals surface area contributed by atoms with Crippen LogP contribution in [0.5, 0.6) is 5.75 Å². The number of aliphatic hydroxyl groups is 1. The molecule has 90 valence electrons. The third kappa shape index (κ3) is 2.62. The summed E-state index contributed by atoms with van der Waals surface area (Å²) in [6.45, 7) is 1.64. The highest BCUT2D eigenvalue weighted by atomic mass is 16.5. The van der Waals surface area contributed by atoms with Crippen molar-refractivity contribution in [3.63, 3.8) is 0 Å². The zero-order valence-electron chi connectivity index (χ0n) is 9.42. The van der Waals surface area contributed by atoms with Crippen LogP contribution in [-0.4, -0.2) is 29.6 Å². The number of ether oxygens (including phenoxy) is 1.